The highest BCUT2D eigenvalue weighted by atomic mass is 79.9. The lowest BCUT2D eigenvalue weighted by Crippen LogP contribution is -2.32. The molecule has 0 bridgehead atoms. The summed E-state index contributed by atoms with van der Waals surface area (Å²) in [4.78, 5) is 10.8. The fraction of sp³-hybridized carbons (Fsp3) is 0.250. The summed E-state index contributed by atoms with van der Waals surface area (Å²) in [5, 5.41) is 9.66. The molecule has 1 aromatic carbocycles. The molecule has 0 saturated carbocycles. The van der Waals surface area contributed by atoms with Gasteiger partial charge in [0.25, 0.3) is 0 Å². The van der Waals surface area contributed by atoms with Crippen LogP contribution < -0.4 is 5.73 Å². The third-order valence-corrected chi connectivity index (χ3v) is 3.94. The van der Waals surface area contributed by atoms with E-state index in [1.165, 1.54) is 12.1 Å². The zero-order chi connectivity index (χ0) is 13.4. The Kier molecular flexibility index (Phi) is 3.41. The number of halogens is 2. The van der Waals surface area contributed by atoms with Crippen molar-refractivity contribution >= 4 is 32.8 Å². The molecule has 1 unspecified atom stereocenters. The van der Waals surface area contributed by atoms with Crippen LogP contribution in [0.4, 0.5) is 4.39 Å². The molecule has 96 valence electrons. The quantitative estimate of drug-likeness (QED) is 0.911. The number of hydrogen-bond donors (Lipinski definition) is 2. The SMILES string of the molecule is Cn1c(Br)c(CC(N)C(=O)O)c2ccc(F)cc21. The Morgan fingerprint density at radius 3 is 2.89 bits per heavy atom. The molecular weight excluding hydrogens is 303 g/mol. The molecule has 1 aromatic heterocycles. The number of carboxylic acid groups (broad SMARTS) is 1. The number of benzene rings is 1. The van der Waals surface area contributed by atoms with Gasteiger partial charge >= 0.3 is 5.97 Å². The first kappa shape index (κ1) is 13.0. The minimum Gasteiger partial charge on any atom is -0.480 e. The molecule has 18 heavy (non-hydrogen) atoms. The van der Waals surface area contributed by atoms with E-state index in [1.807, 2.05) is 0 Å². The van der Waals surface area contributed by atoms with E-state index in [4.69, 9.17) is 10.8 Å². The number of aryl methyl sites for hydroxylation is 1. The summed E-state index contributed by atoms with van der Waals surface area (Å²) in [7, 11) is 1.78. The van der Waals surface area contributed by atoms with Crippen LogP contribution in [0.15, 0.2) is 22.8 Å². The Balaban J connectivity index is 2.57. The molecule has 0 radical (unpaired) electrons. The monoisotopic (exact) mass is 314 g/mol. The molecule has 0 aliphatic rings. The molecule has 2 rings (SSSR count). The highest BCUT2D eigenvalue weighted by Gasteiger charge is 2.19. The number of carbonyl (C=O) groups is 1. The Morgan fingerprint density at radius 2 is 2.28 bits per heavy atom. The van der Waals surface area contributed by atoms with Crippen LogP contribution in [-0.4, -0.2) is 21.7 Å². The number of nitrogens with two attached hydrogens (primary N) is 1. The molecule has 2 aromatic rings. The topological polar surface area (TPSA) is 68.2 Å². The van der Waals surface area contributed by atoms with Crippen molar-refractivity contribution in [1.29, 1.82) is 0 Å². The molecule has 0 aliphatic carbocycles. The average molecular weight is 315 g/mol. The van der Waals surface area contributed by atoms with Crippen molar-refractivity contribution in [2.75, 3.05) is 0 Å². The lowest BCUT2D eigenvalue weighted by Gasteiger charge is -2.06. The second kappa shape index (κ2) is 4.70. The van der Waals surface area contributed by atoms with Crippen LogP contribution in [0.5, 0.6) is 0 Å². The zero-order valence-electron chi connectivity index (χ0n) is 9.65. The largest absolute Gasteiger partial charge is 0.480 e. The van der Waals surface area contributed by atoms with E-state index >= 15 is 0 Å². The normalized spacial score (nSPS) is 12.9. The summed E-state index contributed by atoms with van der Waals surface area (Å²) in [6, 6.07) is 3.43. The van der Waals surface area contributed by atoms with Crippen molar-refractivity contribution in [1.82, 2.24) is 4.57 Å². The number of carboxylic acids is 1. The van der Waals surface area contributed by atoms with Gasteiger partial charge in [-0.05, 0) is 39.7 Å². The standard InChI is InChI=1S/C12H12BrFN2O2/c1-16-10-4-6(14)2-3-7(10)8(11(16)13)5-9(15)12(17)18/h2-4,9H,5,15H2,1H3,(H,17,18). The summed E-state index contributed by atoms with van der Waals surface area (Å²) < 4.78 is 15.7. The molecule has 1 heterocycles. The van der Waals surface area contributed by atoms with Gasteiger partial charge in [-0.1, -0.05) is 0 Å². The van der Waals surface area contributed by atoms with Crippen LogP contribution in [0.1, 0.15) is 5.56 Å². The number of fused-ring (bicyclic) bond motifs is 1. The van der Waals surface area contributed by atoms with E-state index in [-0.39, 0.29) is 12.2 Å². The van der Waals surface area contributed by atoms with E-state index in [2.05, 4.69) is 15.9 Å². The fourth-order valence-electron chi connectivity index (χ4n) is 1.96. The highest BCUT2D eigenvalue weighted by molar-refractivity contribution is 9.10. The first-order chi connectivity index (χ1) is 8.41. The number of aliphatic carboxylic acids is 1. The Labute approximate surface area is 111 Å². The van der Waals surface area contributed by atoms with E-state index in [1.54, 1.807) is 17.7 Å². The molecular formula is C12H12BrFN2O2. The summed E-state index contributed by atoms with van der Waals surface area (Å²) in [6.07, 6.45) is 0.193. The van der Waals surface area contributed by atoms with Gasteiger partial charge in [0.1, 0.15) is 11.9 Å². The van der Waals surface area contributed by atoms with Gasteiger partial charge < -0.3 is 15.4 Å². The number of aromatic nitrogens is 1. The van der Waals surface area contributed by atoms with Crippen molar-refractivity contribution in [3.8, 4) is 0 Å². The van der Waals surface area contributed by atoms with E-state index in [0.29, 0.717) is 5.52 Å². The van der Waals surface area contributed by atoms with Gasteiger partial charge in [0, 0.05) is 18.9 Å². The van der Waals surface area contributed by atoms with Crippen molar-refractivity contribution in [3.05, 3.63) is 34.2 Å². The second-order valence-electron chi connectivity index (χ2n) is 4.14. The first-order valence-corrected chi connectivity index (χ1v) is 6.11. The van der Waals surface area contributed by atoms with Gasteiger partial charge in [-0.2, -0.15) is 0 Å². The molecule has 1 atom stereocenters. The van der Waals surface area contributed by atoms with Gasteiger partial charge in [0.05, 0.1) is 10.1 Å². The van der Waals surface area contributed by atoms with Gasteiger partial charge in [-0.3, -0.25) is 4.79 Å². The maximum Gasteiger partial charge on any atom is 0.320 e. The van der Waals surface area contributed by atoms with Crippen molar-refractivity contribution < 1.29 is 14.3 Å². The predicted octanol–water partition coefficient (Wildman–Crippen LogP) is 2.03. The molecule has 0 saturated heterocycles. The van der Waals surface area contributed by atoms with E-state index in [9.17, 15) is 9.18 Å². The van der Waals surface area contributed by atoms with Gasteiger partial charge in [-0.15, -0.1) is 0 Å². The molecule has 4 nitrogen and oxygen atoms in total. The number of rotatable bonds is 3. The maximum atomic E-state index is 13.2. The molecule has 0 spiro atoms. The smallest absolute Gasteiger partial charge is 0.320 e. The predicted molar refractivity (Wildman–Crippen MR) is 69.9 cm³/mol. The summed E-state index contributed by atoms with van der Waals surface area (Å²) in [5.74, 6) is -1.38. The van der Waals surface area contributed by atoms with Crippen LogP contribution in [0.3, 0.4) is 0 Å². The molecule has 0 amide bonds. The van der Waals surface area contributed by atoms with Crippen LogP contribution >= 0.6 is 15.9 Å². The molecule has 6 heteroatoms. The van der Waals surface area contributed by atoms with E-state index < -0.39 is 12.0 Å². The maximum absolute atomic E-state index is 13.2. The second-order valence-corrected chi connectivity index (χ2v) is 4.89. The zero-order valence-corrected chi connectivity index (χ0v) is 11.2. The lowest BCUT2D eigenvalue weighted by atomic mass is 10.1. The summed E-state index contributed by atoms with van der Waals surface area (Å²) in [5.41, 5.74) is 7.03. The van der Waals surface area contributed by atoms with Gasteiger partial charge in [0.15, 0.2) is 0 Å². The fourth-order valence-corrected chi connectivity index (χ4v) is 2.52. The molecule has 3 N–H and O–H groups in total. The van der Waals surface area contributed by atoms with Crippen LogP contribution in [0.2, 0.25) is 0 Å². The van der Waals surface area contributed by atoms with Gasteiger partial charge in [0.2, 0.25) is 0 Å². The minimum atomic E-state index is -1.05. The van der Waals surface area contributed by atoms with Crippen molar-refractivity contribution in [3.63, 3.8) is 0 Å². The number of nitrogens with zero attached hydrogens (tertiary/aromatic N) is 1. The lowest BCUT2D eigenvalue weighted by molar-refractivity contribution is -0.138. The van der Waals surface area contributed by atoms with Crippen LogP contribution in [0, 0.1) is 5.82 Å². The number of hydrogen-bond acceptors (Lipinski definition) is 2. The van der Waals surface area contributed by atoms with Crippen molar-refractivity contribution in [2.45, 2.75) is 12.5 Å². The highest BCUT2D eigenvalue weighted by Crippen LogP contribution is 2.30. The third kappa shape index (κ3) is 2.13. The summed E-state index contributed by atoms with van der Waals surface area (Å²) >= 11 is 3.39. The Hall–Kier alpha value is -1.40. The van der Waals surface area contributed by atoms with Gasteiger partial charge in [-0.25, -0.2) is 4.39 Å². The third-order valence-electron chi connectivity index (χ3n) is 2.93. The summed E-state index contributed by atoms with van der Waals surface area (Å²) in [6.45, 7) is 0. The van der Waals surface area contributed by atoms with Crippen molar-refractivity contribution in [2.24, 2.45) is 12.8 Å². The van der Waals surface area contributed by atoms with Crippen LogP contribution in [-0.2, 0) is 18.3 Å². The first-order valence-electron chi connectivity index (χ1n) is 5.32. The minimum absolute atomic E-state index is 0.193. The van der Waals surface area contributed by atoms with Crippen LogP contribution in [0.25, 0.3) is 10.9 Å². The average Bonchev–Trinajstić information content (AvgIpc) is 2.54. The Morgan fingerprint density at radius 1 is 1.61 bits per heavy atom. The molecule has 0 fully saturated rings. The van der Waals surface area contributed by atoms with E-state index in [0.717, 1.165) is 15.6 Å². The molecule has 0 aliphatic heterocycles. The Bertz CT molecular complexity index is 624.